The second-order valence-electron chi connectivity index (χ2n) is 5.74. The molecule has 100 valence electrons. The SMILES string of the molecule is CCCNC(c1ccc(C)cc1)C1CCCCC1. The third-order valence-electron chi connectivity index (χ3n) is 4.17. The molecule has 0 aromatic heterocycles. The summed E-state index contributed by atoms with van der Waals surface area (Å²) in [5.41, 5.74) is 2.84. The summed E-state index contributed by atoms with van der Waals surface area (Å²) >= 11 is 0. The van der Waals surface area contributed by atoms with Gasteiger partial charge in [-0.3, -0.25) is 0 Å². The van der Waals surface area contributed by atoms with Gasteiger partial charge in [0.15, 0.2) is 0 Å². The molecule has 0 spiro atoms. The Kier molecular flexibility index (Phi) is 5.25. The maximum Gasteiger partial charge on any atom is 0.0348 e. The van der Waals surface area contributed by atoms with Gasteiger partial charge in [-0.05, 0) is 44.2 Å². The van der Waals surface area contributed by atoms with Crippen LogP contribution in [-0.2, 0) is 0 Å². The average Bonchev–Trinajstić information content (AvgIpc) is 2.42. The Hall–Kier alpha value is -0.820. The zero-order chi connectivity index (χ0) is 12.8. The maximum atomic E-state index is 3.77. The van der Waals surface area contributed by atoms with Gasteiger partial charge in [-0.1, -0.05) is 56.0 Å². The number of hydrogen-bond acceptors (Lipinski definition) is 1. The lowest BCUT2D eigenvalue weighted by Crippen LogP contribution is -2.30. The molecule has 1 heteroatoms. The maximum absolute atomic E-state index is 3.77. The van der Waals surface area contributed by atoms with E-state index in [9.17, 15) is 0 Å². The van der Waals surface area contributed by atoms with Crippen molar-refractivity contribution in [2.45, 2.75) is 58.4 Å². The number of aryl methyl sites for hydroxylation is 1. The standard InChI is InChI=1S/C17H27N/c1-3-13-18-17(15-7-5-4-6-8-15)16-11-9-14(2)10-12-16/h9-12,15,17-18H,3-8,13H2,1-2H3. The molecule has 1 N–H and O–H groups in total. The van der Waals surface area contributed by atoms with Crippen LogP contribution < -0.4 is 5.32 Å². The lowest BCUT2D eigenvalue weighted by Gasteiger charge is -2.31. The van der Waals surface area contributed by atoms with Crippen LogP contribution in [0.3, 0.4) is 0 Å². The van der Waals surface area contributed by atoms with Gasteiger partial charge in [-0.25, -0.2) is 0 Å². The van der Waals surface area contributed by atoms with E-state index in [-0.39, 0.29) is 0 Å². The molecule has 0 radical (unpaired) electrons. The summed E-state index contributed by atoms with van der Waals surface area (Å²) in [5.74, 6) is 0.841. The van der Waals surface area contributed by atoms with Crippen molar-refractivity contribution < 1.29 is 0 Å². The first-order chi connectivity index (χ1) is 8.81. The summed E-state index contributed by atoms with van der Waals surface area (Å²) in [5, 5.41) is 3.77. The van der Waals surface area contributed by atoms with Crippen LogP contribution in [0.5, 0.6) is 0 Å². The number of benzene rings is 1. The van der Waals surface area contributed by atoms with Crippen LogP contribution in [0.1, 0.15) is 62.6 Å². The largest absolute Gasteiger partial charge is 0.310 e. The van der Waals surface area contributed by atoms with E-state index in [1.165, 1.54) is 49.7 Å². The van der Waals surface area contributed by atoms with Gasteiger partial charge in [0.1, 0.15) is 0 Å². The molecule has 1 aromatic rings. The molecule has 1 atom stereocenters. The molecule has 0 saturated heterocycles. The summed E-state index contributed by atoms with van der Waals surface area (Å²) < 4.78 is 0. The highest BCUT2D eigenvalue weighted by atomic mass is 14.9. The van der Waals surface area contributed by atoms with Crippen molar-refractivity contribution >= 4 is 0 Å². The predicted octanol–water partition coefficient (Wildman–Crippen LogP) is 4.62. The second-order valence-corrected chi connectivity index (χ2v) is 5.74. The highest BCUT2D eigenvalue weighted by molar-refractivity contribution is 5.24. The Balaban J connectivity index is 2.10. The Morgan fingerprint density at radius 1 is 1.11 bits per heavy atom. The third kappa shape index (κ3) is 3.58. The Morgan fingerprint density at radius 3 is 2.39 bits per heavy atom. The molecule has 1 nitrogen and oxygen atoms in total. The molecule has 1 fully saturated rings. The van der Waals surface area contributed by atoms with Crippen LogP contribution in [0, 0.1) is 12.8 Å². The fourth-order valence-electron chi connectivity index (χ4n) is 3.10. The Morgan fingerprint density at radius 2 is 1.78 bits per heavy atom. The minimum absolute atomic E-state index is 0.575. The molecule has 0 amide bonds. The van der Waals surface area contributed by atoms with Crippen LogP contribution in [-0.4, -0.2) is 6.54 Å². The quantitative estimate of drug-likeness (QED) is 0.798. The molecule has 2 rings (SSSR count). The van der Waals surface area contributed by atoms with Crippen molar-refractivity contribution in [3.8, 4) is 0 Å². The van der Waals surface area contributed by atoms with E-state index in [0.29, 0.717) is 6.04 Å². The van der Waals surface area contributed by atoms with E-state index >= 15 is 0 Å². The van der Waals surface area contributed by atoms with E-state index in [0.717, 1.165) is 12.5 Å². The Bertz CT molecular complexity index is 335. The molecule has 0 aliphatic heterocycles. The molecule has 1 aliphatic carbocycles. The number of rotatable bonds is 5. The average molecular weight is 245 g/mol. The fraction of sp³-hybridized carbons (Fsp3) is 0.647. The van der Waals surface area contributed by atoms with Gasteiger partial charge in [0.2, 0.25) is 0 Å². The summed E-state index contributed by atoms with van der Waals surface area (Å²) in [6.07, 6.45) is 8.28. The first-order valence-corrected chi connectivity index (χ1v) is 7.61. The summed E-state index contributed by atoms with van der Waals surface area (Å²) in [6, 6.07) is 9.71. The Labute approximate surface area is 112 Å². The van der Waals surface area contributed by atoms with Gasteiger partial charge in [0, 0.05) is 6.04 Å². The van der Waals surface area contributed by atoms with Gasteiger partial charge in [-0.15, -0.1) is 0 Å². The highest BCUT2D eigenvalue weighted by Crippen LogP contribution is 2.34. The van der Waals surface area contributed by atoms with Crippen molar-refractivity contribution in [3.63, 3.8) is 0 Å². The van der Waals surface area contributed by atoms with Gasteiger partial charge in [-0.2, -0.15) is 0 Å². The van der Waals surface area contributed by atoms with Crippen LogP contribution in [0.25, 0.3) is 0 Å². The normalized spacial score (nSPS) is 18.8. The van der Waals surface area contributed by atoms with Gasteiger partial charge in [0.25, 0.3) is 0 Å². The summed E-state index contributed by atoms with van der Waals surface area (Å²) in [4.78, 5) is 0. The van der Waals surface area contributed by atoms with Crippen molar-refractivity contribution in [3.05, 3.63) is 35.4 Å². The van der Waals surface area contributed by atoms with Crippen LogP contribution in [0.4, 0.5) is 0 Å². The topological polar surface area (TPSA) is 12.0 Å². The molecule has 1 aromatic carbocycles. The lowest BCUT2D eigenvalue weighted by molar-refractivity contribution is 0.272. The fourth-order valence-corrected chi connectivity index (χ4v) is 3.10. The van der Waals surface area contributed by atoms with Crippen molar-refractivity contribution in [2.75, 3.05) is 6.54 Å². The van der Waals surface area contributed by atoms with Crippen molar-refractivity contribution in [1.82, 2.24) is 5.32 Å². The van der Waals surface area contributed by atoms with Gasteiger partial charge >= 0.3 is 0 Å². The minimum atomic E-state index is 0.575. The molecule has 1 unspecified atom stereocenters. The molecular weight excluding hydrogens is 218 g/mol. The monoisotopic (exact) mass is 245 g/mol. The van der Waals surface area contributed by atoms with E-state index in [1.54, 1.807) is 0 Å². The molecular formula is C17H27N. The number of nitrogens with one attached hydrogen (secondary N) is 1. The zero-order valence-corrected chi connectivity index (χ0v) is 11.9. The number of hydrogen-bond donors (Lipinski definition) is 1. The van der Waals surface area contributed by atoms with E-state index in [4.69, 9.17) is 0 Å². The molecule has 0 heterocycles. The van der Waals surface area contributed by atoms with Crippen molar-refractivity contribution in [1.29, 1.82) is 0 Å². The molecule has 1 saturated carbocycles. The molecule has 18 heavy (non-hydrogen) atoms. The smallest absolute Gasteiger partial charge is 0.0348 e. The van der Waals surface area contributed by atoms with Crippen LogP contribution >= 0.6 is 0 Å². The highest BCUT2D eigenvalue weighted by Gasteiger charge is 2.24. The molecule has 1 aliphatic rings. The van der Waals surface area contributed by atoms with E-state index < -0.39 is 0 Å². The zero-order valence-electron chi connectivity index (χ0n) is 11.9. The predicted molar refractivity (Wildman–Crippen MR) is 78.8 cm³/mol. The third-order valence-corrected chi connectivity index (χ3v) is 4.17. The summed E-state index contributed by atoms with van der Waals surface area (Å²) in [6.45, 7) is 5.55. The van der Waals surface area contributed by atoms with E-state index in [1.807, 2.05) is 0 Å². The van der Waals surface area contributed by atoms with Gasteiger partial charge < -0.3 is 5.32 Å². The summed E-state index contributed by atoms with van der Waals surface area (Å²) in [7, 11) is 0. The first-order valence-electron chi connectivity index (χ1n) is 7.61. The second kappa shape index (κ2) is 6.94. The lowest BCUT2D eigenvalue weighted by atomic mass is 9.81. The van der Waals surface area contributed by atoms with Gasteiger partial charge in [0.05, 0.1) is 0 Å². The van der Waals surface area contributed by atoms with E-state index in [2.05, 4.69) is 43.4 Å². The first kappa shape index (κ1) is 13.6. The van der Waals surface area contributed by atoms with Crippen LogP contribution in [0.2, 0.25) is 0 Å². The minimum Gasteiger partial charge on any atom is -0.310 e. The molecule has 0 bridgehead atoms. The van der Waals surface area contributed by atoms with Crippen molar-refractivity contribution in [2.24, 2.45) is 5.92 Å². The van der Waals surface area contributed by atoms with Crippen LogP contribution in [0.15, 0.2) is 24.3 Å².